The molecular formula is C19H15ClN6O3. The van der Waals surface area contributed by atoms with Crippen molar-refractivity contribution in [1.29, 1.82) is 0 Å². The van der Waals surface area contributed by atoms with E-state index < -0.39 is 5.91 Å². The summed E-state index contributed by atoms with van der Waals surface area (Å²) in [6.45, 7) is -0.236. The van der Waals surface area contributed by atoms with Crippen molar-refractivity contribution in [3.05, 3.63) is 59.7 Å². The molecule has 2 amide bonds. The van der Waals surface area contributed by atoms with Crippen molar-refractivity contribution >= 4 is 34.8 Å². The third-order valence-electron chi connectivity index (χ3n) is 4.12. The van der Waals surface area contributed by atoms with Crippen molar-refractivity contribution in [1.82, 2.24) is 20.1 Å². The third kappa shape index (κ3) is 4.46. The average Bonchev–Trinajstić information content (AvgIpc) is 3.20. The van der Waals surface area contributed by atoms with Crippen LogP contribution in [-0.2, 0) is 9.59 Å². The van der Waals surface area contributed by atoms with Crippen LogP contribution in [0.5, 0.6) is 0 Å². The van der Waals surface area contributed by atoms with Gasteiger partial charge in [-0.05, 0) is 30.3 Å². The van der Waals surface area contributed by atoms with Crippen LogP contribution in [0.25, 0.3) is 11.4 Å². The second kappa shape index (κ2) is 8.19. The first-order valence-corrected chi connectivity index (χ1v) is 9.14. The zero-order valence-corrected chi connectivity index (χ0v) is 15.8. The van der Waals surface area contributed by atoms with Gasteiger partial charge in [-0.2, -0.15) is 10.1 Å². The highest BCUT2D eigenvalue weighted by atomic mass is 35.5. The van der Waals surface area contributed by atoms with E-state index in [1.165, 1.54) is 0 Å². The van der Waals surface area contributed by atoms with Gasteiger partial charge in [-0.25, -0.2) is 5.01 Å². The molecule has 1 aliphatic rings. The Morgan fingerprint density at radius 1 is 1.21 bits per heavy atom. The minimum atomic E-state index is -0.395. The van der Waals surface area contributed by atoms with E-state index in [0.717, 1.165) is 10.6 Å². The smallest absolute Gasteiger partial charge is 0.274 e. The molecule has 3 aromatic rings. The lowest BCUT2D eigenvalue weighted by Crippen LogP contribution is -2.38. The third-order valence-corrected chi connectivity index (χ3v) is 4.35. The molecule has 0 bridgehead atoms. The molecule has 10 heteroatoms. The average molecular weight is 411 g/mol. The second-order valence-corrected chi connectivity index (χ2v) is 6.65. The molecule has 9 nitrogen and oxygen atoms in total. The van der Waals surface area contributed by atoms with Gasteiger partial charge in [-0.15, -0.1) is 0 Å². The molecule has 0 aliphatic carbocycles. The predicted octanol–water partition coefficient (Wildman–Crippen LogP) is 2.75. The molecule has 3 heterocycles. The zero-order chi connectivity index (χ0) is 20.2. The lowest BCUT2D eigenvalue weighted by molar-refractivity contribution is -0.135. The number of carbonyl (C=O) groups excluding carboxylic acids is 2. The summed E-state index contributed by atoms with van der Waals surface area (Å²) in [6.07, 6.45) is 3.80. The van der Waals surface area contributed by atoms with Gasteiger partial charge in [0.2, 0.25) is 17.6 Å². The Kier molecular flexibility index (Phi) is 5.30. The summed E-state index contributed by atoms with van der Waals surface area (Å²) in [5.74, 6) is -0.0469. The summed E-state index contributed by atoms with van der Waals surface area (Å²) >= 11 is 5.91. The van der Waals surface area contributed by atoms with E-state index in [0.29, 0.717) is 28.7 Å². The molecule has 29 heavy (non-hydrogen) atoms. The number of nitrogens with one attached hydrogen (secondary N) is 1. The summed E-state index contributed by atoms with van der Waals surface area (Å²) in [5.41, 5.74) is 1.74. The van der Waals surface area contributed by atoms with Gasteiger partial charge in [0.1, 0.15) is 12.3 Å². The van der Waals surface area contributed by atoms with Crippen molar-refractivity contribution in [2.75, 3.05) is 11.9 Å². The number of amides is 2. The molecule has 0 saturated carbocycles. The molecule has 146 valence electrons. The van der Waals surface area contributed by atoms with Crippen molar-refractivity contribution in [3.63, 3.8) is 0 Å². The molecule has 0 unspecified atom stereocenters. The Bertz CT molecular complexity index is 1080. The van der Waals surface area contributed by atoms with E-state index in [1.54, 1.807) is 48.8 Å². The molecule has 1 N–H and O–H groups in total. The largest absolute Gasteiger partial charge is 0.332 e. The number of hydrogen-bond donors (Lipinski definition) is 1. The van der Waals surface area contributed by atoms with Crippen LogP contribution in [0.15, 0.2) is 58.4 Å². The first kappa shape index (κ1) is 18.8. The molecule has 0 radical (unpaired) electrons. The van der Waals surface area contributed by atoms with Gasteiger partial charge in [0.25, 0.3) is 5.89 Å². The number of halogens is 1. The van der Waals surface area contributed by atoms with E-state index in [-0.39, 0.29) is 24.8 Å². The number of hydrazone groups is 1. The lowest BCUT2D eigenvalue weighted by atomic mass is 10.1. The van der Waals surface area contributed by atoms with Gasteiger partial charge in [0.15, 0.2) is 0 Å². The fourth-order valence-corrected chi connectivity index (χ4v) is 2.93. The number of nitrogens with zero attached hydrogens (tertiary/aromatic N) is 5. The molecule has 0 spiro atoms. The van der Waals surface area contributed by atoms with Crippen LogP contribution in [0.3, 0.4) is 0 Å². The lowest BCUT2D eigenvalue weighted by Gasteiger charge is -2.21. The Morgan fingerprint density at radius 2 is 2.03 bits per heavy atom. The SMILES string of the molecule is O=C(CN1N=C(c2nc(-c3ccncc3)no2)CCC1=O)Nc1cccc(Cl)c1. The molecule has 1 aliphatic heterocycles. The van der Waals surface area contributed by atoms with Gasteiger partial charge in [0.05, 0.1) is 0 Å². The number of hydrogen-bond acceptors (Lipinski definition) is 7. The van der Waals surface area contributed by atoms with Crippen LogP contribution >= 0.6 is 11.6 Å². The van der Waals surface area contributed by atoms with Crippen LogP contribution in [0, 0.1) is 0 Å². The van der Waals surface area contributed by atoms with Crippen molar-refractivity contribution < 1.29 is 14.1 Å². The fraction of sp³-hybridized carbons (Fsp3) is 0.158. The van der Waals surface area contributed by atoms with Gasteiger partial charge >= 0.3 is 0 Å². The first-order valence-electron chi connectivity index (χ1n) is 8.76. The van der Waals surface area contributed by atoms with E-state index in [9.17, 15) is 9.59 Å². The number of pyridine rings is 1. The van der Waals surface area contributed by atoms with Gasteiger partial charge in [0, 0.05) is 41.5 Å². The second-order valence-electron chi connectivity index (χ2n) is 6.22. The monoisotopic (exact) mass is 410 g/mol. The van der Waals surface area contributed by atoms with Crippen LogP contribution in [0.1, 0.15) is 18.7 Å². The highest BCUT2D eigenvalue weighted by Gasteiger charge is 2.26. The van der Waals surface area contributed by atoms with Gasteiger partial charge < -0.3 is 9.84 Å². The molecule has 0 fully saturated rings. The van der Waals surface area contributed by atoms with Crippen molar-refractivity contribution in [3.8, 4) is 11.4 Å². The minimum Gasteiger partial charge on any atom is -0.332 e. The van der Waals surface area contributed by atoms with E-state index in [4.69, 9.17) is 16.1 Å². The molecule has 2 aromatic heterocycles. The summed E-state index contributed by atoms with van der Waals surface area (Å²) in [7, 11) is 0. The Balaban J connectivity index is 1.48. The predicted molar refractivity (Wildman–Crippen MR) is 105 cm³/mol. The fourth-order valence-electron chi connectivity index (χ4n) is 2.74. The van der Waals surface area contributed by atoms with E-state index in [1.807, 2.05) is 0 Å². The molecule has 4 rings (SSSR count). The summed E-state index contributed by atoms with van der Waals surface area (Å²) < 4.78 is 5.29. The van der Waals surface area contributed by atoms with Crippen LogP contribution < -0.4 is 5.32 Å². The number of benzene rings is 1. The maximum absolute atomic E-state index is 12.3. The molecule has 1 aromatic carbocycles. The Morgan fingerprint density at radius 3 is 2.83 bits per heavy atom. The van der Waals surface area contributed by atoms with E-state index in [2.05, 4.69) is 25.5 Å². The molecular weight excluding hydrogens is 396 g/mol. The maximum atomic E-state index is 12.3. The van der Waals surface area contributed by atoms with Crippen molar-refractivity contribution in [2.45, 2.75) is 12.8 Å². The quantitative estimate of drug-likeness (QED) is 0.691. The van der Waals surface area contributed by atoms with Gasteiger partial charge in [-0.1, -0.05) is 22.8 Å². The number of carbonyl (C=O) groups is 2. The van der Waals surface area contributed by atoms with Gasteiger partial charge in [-0.3, -0.25) is 14.6 Å². The topological polar surface area (TPSA) is 114 Å². The highest BCUT2D eigenvalue weighted by molar-refractivity contribution is 6.30. The normalized spacial score (nSPS) is 13.9. The minimum absolute atomic E-state index is 0.191. The first-order chi connectivity index (χ1) is 14.1. The number of anilines is 1. The summed E-state index contributed by atoms with van der Waals surface area (Å²) in [6, 6.07) is 10.3. The summed E-state index contributed by atoms with van der Waals surface area (Å²) in [5, 5.41) is 12.5. The maximum Gasteiger partial charge on any atom is 0.274 e. The van der Waals surface area contributed by atoms with Crippen molar-refractivity contribution in [2.24, 2.45) is 5.10 Å². The molecule has 0 saturated heterocycles. The Labute approximate surface area is 170 Å². The molecule has 0 atom stereocenters. The summed E-state index contributed by atoms with van der Waals surface area (Å²) in [4.78, 5) is 32.8. The van der Waals surface area contributed by atoms with Crippen LogP contribution in [-0.4, -0.2) is 44.2 Å². The standard InChI is InChI=1S/C19H15ClN6O3/c20-13-2-1-3-14(10-13)22-16(27)11-26-17(28)5-4-15(24-26)19-23-18(25-29-19)12-6-8-21-9-7-12/h1-3,6-10H,4-5,11H2,(H,22,27). The zero-order valence-electron chi connectivity index (χ0n) is 15.1. The van der Waals surface area contributed by atoms with Crippen LogP contribution in [0.4, 0.5) is 5.69 Å². The van der Waals surface area contributed by atoms with Crippen LogP contribution in [0.2, 0.25) is 5.02 Å². The highest BCUT2D eigenvalue weighted by Crippen LogP contribution is 2.19. The Hall–Kier alpha value is -3.59. The van der Waals surface area contributed by atoms with E-state index >= 15 is 0 Å². The number of aromatic nitrogens is 3. The number of rotatable bonds is 5.